The second-order valence-electron chi connectivity index (χ2n) is 4.91. The standard InChI is InChI=1S/C17H19Br2N/c1-3-20-17(11-13-6-4-5-7-16(13)19)15-9-8-14(18)10-12(15)2/h4-10,17,20H,3,11H2,1-2H3. The number of benzene rings is 2. The third kappa shape index (κ3) is 3.94. The van der Waals surface area contributed by atoms with Crippen LogP contribution in [0.4, 0.5) is 0 Å². The highest BCUT2D eigenvalue weighted by Gasteiger charge is 2.14. The number of hydrogen-bond donors (Lipinski definition) is 1. The van der Waals surface area contributed by atoms with Gasteiger partial charge in [0.25, 0.3) is 0 Å². The third-order valence-electron chi connectivity index (χ3n) is 3.44. The molecule has 1 unspecified atom stereocenters. The number of likely N-dealkylation sites (N-methyl/N-ethyl adjacent to an activating group) is 1. The minimum atomic E-state index is 0.340. The number of rotatable bonds is 5. The lowest BCUT2D eigenvalue weighted by atomic mass is 9.95. The highest BCUT2D eigenvalue weighted by molar-refractivity contribution is 9.10. The molecule has 2 aromatic carbocycles. The summed E-state index contributed by atoms with van der Waals surface area (Å²) in [6.45, 7) is 5.29. The first kappa shape index (κ1) is 15.7. The molecular weight excluding hydrogens is 378 g/mol. The van der Waals surface area contributed by atoms with E-state index in [4.69, 9.17) is 0 Å². The van der Waals surface area contributed by atoms with Crippen LogP contribution in [0.2, 0.25) is 0 Å². The van der Waals surface area contributed by atoms with Crippen LogP contribution < -0.4 is 5.32 Å². The molecule has 2 aromatic rings. The van der Waals surface area contributed by atoms with Crippen LogP contribution in [0.1, 0.15) is 29.7 Å². The summed E-state index contributed by atoms with van der Waals surface area (Å²) in [7, 11) is 0. The maximum Gasteiger partial charge on any atom is 0.0363 e. The minimum absolute atomic E-state index is 0.340. The highest BCUT2D eigenvalue weighted by Crippen LogP contribution is 2.27. The van der Waals surface area contributed by atoms with Gasteiger partial charge in [0.2, 0.25) is 0 Å². The molecule has 106 valence electrons. The van der Waals surface area contributed by atoms with Gasteiger partial charge < -0.3 is 5.32 Å². The Labute approximate surface area is 138 Å². The smallest absolute Gasteiger partial charge is 0.0363 e. The fourth-order valence-corrected chi connectivity index (χ4v) is 3.37. The van der Waals surface area contributed by atoms with E-state index < -0.39 is 0 Å². The Morgan fingerprint density at radius 1 is 1.10 bits per heavy atom. The SMILES string of the molecule is CCNC(Cc1ccccc1Br)c1ccc(Br)cc1C. The first-order valence-electron chi connectivity index (χ1n) is 6.84. The minimum Gasteiger partial charge on any atom is -0.310 e. The van der Waals surface area contributed by atoms with Gasteiger partial charge in [-0.2, -0.15) is 0 Å². The fourth-order valence-electron chi connectivity index (χ4n) is 2.45. The van der Waals surface area contributed by atoms with Crippen molar-refractivity contribution < 1.29 is 0 Å². The van der Waals surface area contributed by atoms with Gasteiger partial charge in [-0.15, -0.1) is 0 Å². The summed E-state index contributed by atoms with van der Waals surface area (Å²) in [6.07, 6.45) is 0.984. The molecule has 0 aliphatic heterocycles. The lowest BCUT2D eigenvalue weighted by Crippen LogP contribution is -2.23. The van der Waals surface area contributed by atoms with E-state index in [0.717, 1.165) is 17.4 Å². The molecule has 0 heterocycles. The largest absolute Gasteiger partial charge is 0.310 e. The molecule has 1 N–H and O–H groups in total. The Hall–Kier alpha value is -0.640. The molecule has 0 aliphatic carbocycles. The maximum absolute atomic E-state index is 3.64. The molecule has 0 radical (unpaired) electrons. The molecule has 3 heteroatoms. The van der Waals surface area contributed by atoms with E-state index >= 15 is 0 Å². The average Bonchev–Trinajstić information content (AvgIpc) is 2.41. The van der Waals surface area contributed by atoms with Crippen LogP contribution in [0, 0.1) is 6.92 Å². The van der Waals surface area contributed by atoms with Gasteiger partial charge in [0.15, 0.2) is 0 Å². The van der Waals surface area contributed by atoms with Gasteiger partial charge in [-0.1, -0.05) is 63.0 Å². The fraction of sp³-hybridized carbons (Fsp3) is 0.294. The first-order valence-corrected chi connectivity index (χ1v) is 8.43. The van der Waals surface area contributed by atoms with Gasteiger partial charge in [-0.3, -0.25) is 0 Å². The van der Waals surface area contributed by atoms with Gasteiger partial charge in [0.1, 0.15) is 0 Å². The second kappa shape index (κ2) is 7.39. The van der Waals surface area contributed by atoms with Crippen LogP contribution in [-0.2, 0) is 6.42 Å². The topological polar surface area (TPSA) is 12.0 Å². The van der Waals surface area contributed by atoms with E-state index in [9.17, 15) is 0 Å². The molecule has 0 saturated heterocycles. The van der Waals surface area contributed by atoms with Crippen molar-refractivity contribution in [2.45, 2.75) is 26.3 Å². The number of nitrogens with one attached hydrogen (secondary N) is 1. The van der Waals surface area contributed by atoms with Crippen molar-refractivity contribution >= 4 is 31.9 Å². The van der Waals surface area contributed by atoms with Crippen LogP contribution in [0.5, 0.6) is 0 Å². The molecule has 0 amide bonds. The van der Waals surface area contributed by atoms with Gasteiger partial charge in [-0.05, 0) is 54.8 Å². The van der Waals surface area contributed by atoms with Gasteiger partial charge in [0, 0.05) is 15.0 Å². The molecule has 20 heavy (non-hydrogen) atoms. The molecule has 0 bridgehead atoms. The summed E-state index contributed by atoms with van der Waals surface area (Å²) >= 11 is 7.18. The van der Waals surface area contributed by atoms with E-state index in [1.165, 1.54) is 21.2 Å². The van der Waals surface area contributed by atoms with Crippen molar-refractivity contribution in [1.82, 2.24) is 5.32 Å². The van der Waals surface area contributed by atoms with Gasteiger partial charge in [0.05, 0.1) is 0 Å². The Bertz CT molecular complexity index is 581. The van der Waals surface area contributed by atoms with Gasteiger partial charge >= 0.3 is 0 Å². The van der Waals surface area contributed by atoms with Crippen LogP contribution in [-0.4, -0.2) is 6.54 Å². The van der Waals surface area contributed by atoms with Crippen LogP contribution in [0.3, 0.4) is 0 Å². The molecule has 0 aromatic heterocycles. The van der Waals surface area contributed by atoms with Crippen molar-refractivity contribution in [1.29, 1.82) is 0 Å². The van der Waals surface area contributed by atoms with Crippen LogP contribution >= 0.6 is 31.9 Å². The summed E-state index contributed by atoms with van der Waals surface area (Å²) in [4.78, 5) is 0. The van der Waals surface area contributed by atoms with Crippen molar-refractivity contribution in [2.75, 3.05) is 6.54 Å². The van der Waals surface area contributed by atoms with E-state index in [0.29, 0.717) is 6.04 Å². The number of hydrogen-bond acceptors (Lipinski definition) is 1. The van der Waals surface area contributed by atoms with E-state index in [1.54, 1.807) is 0 Å². The zero-order valence-corrected chi connectivity index (χ0v) is 15.0. The summed E-state index contributed by atoms with van der Waals surface area (Å²) in [5.74, 6) is 0. The molecule has 0 saturated carbocycles. The van der Waals surface area contributed by atoms with Crippen molar-refractivity contribution in [3.63, 3.8) is 0 Å². The Balaban J connectivity index is 2.29. The number of halogens is 2. The Morgan fingerprint density at radius 2 is 1.85 bits per heavy atom. The Morgan fingerprint density at radius 3 is 2.50 bits per heavy atom. The van der Waals surface area contributed by atoms with E-state index in [-0.39, 0.29) is 0 Å². The number of aryl methyl sites for hydroxylation is 1. The molecule has 2 rings (SSSR count). The monoisotopic (exact) mass is 395 g/mol. The lowest BCUT2D eigenvalue weighted by molar-refractivity contribution is 0.546. The zero-order chi connectivity index (χ0) is 14.5. The molecule has 0 spiro atoms. The predicted molar refractivity (Wildman–Crippen MR) is 93.1 cm³/mol. The maximum atomic E-state index is 3.64. The third-order valence-corrected chi connectivity index (χ3v) is 4.71. The van der Waals surface area contributed by atoms with Gasteiger partial charge in [-0.25, -0.2) is 0 Å². The quantitative estimate of drug-likeness (QED) is 0.711. The zero-order valence-electron chi connectivity index (χ0n) is 11.8. The van der Waals surface area contributed by atoms with Crippen LogP contribution in [0.25, 0.3) is 0 Å². The molecule has 0 fully saturated rings. The average molecular weight is 397 g/mol. The van der Waals surface area contributed by atoms with Crippen molar-refractivity contribution in [3.05, 3.63) is 68.1 Å². The second-order valence-corrected chi connectivity index (χ2v) is 6.68. The predicted octanol–water partition coefficient (Wildman–Crippen LogP) is 5.41. The molecule has 0 aliphatic rings. The summed E-state index contributed by atoms with van der Waals surface area (Å²) < 4.78 is 2.31. The van der Waals surface area contributed by atoms with Crippen molar-refractivity contribution in [2.24, 2.45) is 0 Å². The van der Waals surface area contributed by atoms with Crippen LogP contribution in [0.15, 0.2) is 51.4 Å². The normalized spacial score (nSPS) is 12.4. The lowest BCUT2D eigenvalue weighted by Gasteiger charge is -2.21. The molecular formula is C17H19Br2N. The van der Waals surface area contributed by atoms with E-state index in [1.807, 2.05) is 0 Å². The molecule has 1 atom stereocenters. The first-order chi connectivity index (χ1) is 9.61. The molecule has 1 nitrogen and oxygen atoms in total. The highest BCUT2D eigenvalue weighted by atomic mass is 79.9. The summed E-state index contributed by atoms with van der Waals surface area (Å²) in [6, 6.07) is 15.3. The van der Waals surface area contributed by atoms with E-state index in [2.05, 4.69) is 93.5 Å². The Kier molecular flexibility index (Phi) is 5.82. The van der Waals surface area contributed by atoms with Crippen molar-refractivity contribution in [3.8, 4) is 0 Å². The summed E-state index contributed by atoms with van der Waals surface area (Å²) in [5, 5.41) is 3.60. The summed E-state index contributed by atoms with van der Waals surface area (Å²) in [5.41, 5.74) is 4.02.